The number of carbonyl (C=O) groups is 6. The Hall–Kier alpha value is -2.32. The fraction of sp³-hybridized carbons (Fsp3) is 0.724. The summed E-state index contributed by atoms with van der Waals surface area (Å²) in [5.41, 5.74) is -3.18. The molecule has 2 amide bonds. The second-order valence-corrected chi connectivity index (χ2v) is 16.7. The van der Waals surface area contributed by atoms with E-state index in [9.17, 15) is 28.8 Å². The van der Waals surface area contributed by atoms with Crippen LogP contribution in [0, 0.1) is 17.3 Å². The normalized spacial score (nSPS) is 26.4. The molecule has 43 heavy (non-hydrogen) atoms. The number of carbonyl (C=O) groups excluding carboxylic acids is 6. The highest BCUT2D eigenvalue weighted by atomic mass is 79.9. The predicted molar refractivity (Wildman–Crippen MR) is 158 cm³/mol. The molecule has 2 bridgehead atoms. The van der Waals surface area contributed by atoms with E-state index in [0.29, 0.717) is 0 Å². The first-order valence-corrected chi connectivity index (χ1v) is 15.5. The lowest BCUT2D eigenvalue weighted by molar-refractivity contribution is -0.171. The van der Waals surface area contributed by atoms with Crippen molar-refractivity contribution >= 4 is 67.6 Å². The quantitative estimate of drug-likeness (QED) is 0.0647. The zero-order valence-corrected chi connectivity index (χ0v) is 28.6. The van der Waals surface area contributed by atoms with Crippen LogP contribution < -0.4 is 0 Å². The fourth-order valence-corrected chi connectivity index (χ4v) is 5.35. The van der Waals surface area contributed by atoms with Crippen LogP contribution in [0.25, 0.3) is 0 Å². The third-order valence-corrected chi connectivity index (χ3v) is 8.30. The van der Waals surface area contributed by atoms with Crippen LogP contribution in [0.1, 0.15) is 61.3 Å². The Balaban J connectivity index is 1.44. The van der Waals surface area contributed by atoms with Crippen LogP contribution in [-0.2, 0) is 52.5 Å². The Morgan fingerprint density at radius 2 is 1.23 bits per heavy atom. The van der Waals surface area contributed by atoms with Crippen molar-refractivity contribution in [1.82, 2.24) is 4.90 Å². The molecule has 3 aliphatic heterocycles. The second kappa shape index (κ2) is 12.6. The Morgan fingerprint density at radius 1 is 0.791 bits per heavy atom. The molecular formula is C29H39Br2NO11. The first-order chi connectivity index (χ1) is 19.6. The van der Waals surface area contributed by atoms with E-state index in [1.807, 2.05) is 12.2 Å². The van der Waals surface area contributed by atoms with Gasteiger partial charge in [-0.15, -0.1) is 0 Å². The van der Waals surface area contributed by atoms with E-state index in [2.05, 4.69) is 31.9 Å². The number of esters is 4. The van der Waals surface area contributed by atoms with Gasteiger partial charge in [0.15, 0.2) is 0 Å². The van der Waals surface area contributed by atoms with Crippen molar-refractivity contribution in [3.05, 3.63) is 12.2 Å². The van der Waals surface area contributed by atoms with E-state index in [1.54, 1.807) is 41.5 Å². The van der Waals surface area contributed by atoms with Gasteiger partial charge in [-0.2, -0.15) is 0 Å². The minimum Gasteiger partial charge on any atom is -0.465 e. The summed E-state index contributed by atoms with van der Waals surface area (Å²) in [5, 5.41) is 0. The number of likely N-dealkylation sites (tertiary alicyclic amines) is 1. The van der Waals surface area contributed by atoms with Crippen LogP contribution in [0.4, 0.5) is 0 Å². The van der Waals surface area contributed by atoms with Crippen LogP contribution in [0.15, 0.2) is 12.2 Å². The molecule has 0 N–H and O–H groups in total. The zero-order valence-electron chi connectivity index (χ0n) is 25.5. The third kappa shape index (κ3) is 7.67. The zero-order chi connectivity index (χ0) is 32.6. The van der Waals surface area contributed by atoms with Gasteiger partial charge in [0, 0.05) is 13.0 Å². The van der Waals surface area contributed by atoms with E-state index >= 15 is 0 Å². The van der Waals surface area contributed by atoms with Gasteiger partial charge in [0.25, 0.3) is 0 Å². The molecule has 4 atom stereocenters. The van der Waals surface area contributed by atoms with Gasteiger partial charge in [-0.25, -0.2) is 0 Å². The number of alkyl halides is 2. The van der Waals surface area contributed by atoms with Crippen molar-refractivity contribution in [3.8, 4) is 0 Å². The molecule has 2 unspecified atom stereocenters. The van der Waals surface area contributed by atoms with Gasteiger partial charge in [-0.05, 0) is 48.5 Å². The van der Waals surface area contributed by atoms with Gasteiger partial charge in [0.2, 0.25) is 11.8 Å². The topological polar surface area (TPSA) is 152 Å². The van der Waals surface area contributed by atoms with E-state index < -0.39 is 74.2 Å². The van der Waals surface area contributed by atoms with Crippen LogP contribution in [0.3, 0.4) is 0 Å². The van der Waals surface area contributed by atoms with Crippen molar-refractivity contribution < 1.29 is 52.5 Å². The molecule has 0 spiro atoms. The van der Waals surface area contributed by atoms with Gasteiger partial charge in [0.05, 0.1) is 42.7 Å². The Morgan fingerprint density at radius 3 is 1.67 bits per heavy atom. The number of amides is 2. The minimum absolute atomic E-state index is 0.0800. The number of fused-ring (bicyclic) bond motifs is 5. The summed E-state index contributed by atoms with van der Waals surface area (Å²) >= 11 is 6.40. The van der Waals surface area contributed by atoms with E-state index in [4.69, 9.17) is 23.7 Å². The fourth-order valence-electron chi connectivity index (χ4n) is 5.12. The summed E-state index contributed by atoms with van der Waals surface area (Å²) < 4.78 is 25.1. The predicted octanol–water partition coefficient (Wildman–Crippen LogP) is 3.01. The second-order valence-electron chi connectivity index (χ2n) is 12.7. The molecule has 0 aromatic carbocycles. The van der Waals surface area contributed by atoms with Crippen LogP contribution in [0.2, 0.25) is 0 Å². The minimum atomic E-state index is -1.50. The first-order valence-electron chi connectivity index (χ1n) is 14.0. The number of ether oxygens (including phenoxy) is 5. The number of nitrogens with zero attached hydrogens (tertiary/aromatic N) is 1. The molecule has 0 aromatic heterocycles. The molecule has 3 heterocycles. The van der Waals surface area contributed by atoms with E-state index in [1.165, 1.54) is 6.92 Å². The maximum absolute atomic E-state index is 13.0. The molecule has 240 valence electrons. The maximum atomic E-state index is 13.0. The molecular weight excluding hydrogens is 698 g/mol. The summed E-state index contributed by atoms with van der Waals surface area (Å²) in [6, 6.07) is 0. The molecule has 0 aliphatic carbocycles. The lowest BCUT2D eigenvalue weighted by Crippen LogP contribution is -2.43. The Kier molecular flexibility index (Phi) is 10.3. The van der Waals surface area contributed by atoms with Crippen LogP contribution in [-0.4, -0.2) is 93.4 Å². The molecule has 2 fully saturated rings. The number of hydrogen-bond acceptors (Lipinski definition) is 11. The standard InChI is InChI=1S/C29H39Br2NO11/c1-25(2,30)22(36)41-15-27(5,16-42-23(37)26(3,4)31)24(38)40-14-8-13-39-17(33)9-12-32-20(34)18-19(21(32)35)29(7)11-10-28(18,6)43-29/h10-11,18-19H,8-9,12-16H2,1-7H3/t18-,19+,28?,29?. The lowest BCUT2D eigenvalue weighted by Gasteiger charge is -2.28. The van der Waals surface area contributed by atoms with Crippen molar-refractivity contribution in [3.63, 3.8) is 0 Å². The maximum Gasteiger partial charge on any atom is 0.322 e. The Labute approximate surface area is 267 Å². The molecule has 3 aliphatic rings. The van der Waals surface area contributed by atoms with Crippen LogP contribution >= 0.6 is 31.9 Å². The average molecular weight is 737 g/mol. The highest BCUT2D eigenvalue weighted by Crippen LogP contribution is 2.56. The largest absolute Gasteiger partial charge is 0.465 e. The van der Waals surface area contributed by atoms with Gasteiger partial charge < -0.3 is 23.7 Å². The summed E-state index contributed by atoms with van der Waals surface area (Å²) in [6.45, 7) is 10.2. The average Bonchev–Trinajstić information content (AvgIpc) is 3.45. The molecule has 0 radical (unpaired) electrons. The first kappa shape index (κ1) is 35.2. The number of halogens is 2. The number of hydrogen-bond donors (Lipinski definition) is 0. The van der Waals surface area contributed by atoms with Crippen molar-refractivity contribution in [2.75, 3.05) is 33.0 Å². The molecule has 2 saturated heterocycles. The van der Waals surface area contributed by atoms with E-state index in [-0.39, 0.29) is 44.4 Å². The lowest BCUT2D eigenvalue weighted by atomic mass is 9.73. The van der Waals surface area contributed by atoms with Crippen LogP contribution in [0.5, 0.6) is 0 Å². The molecule has 0 saturated carbocycles. The molecule has 3 rings (SSSR count). The SMILES string of the molecule is CC(C)(Br)C(=O)OCC(C)(COC(=O)C(C)(C)Br)C(=O)OCCCOC(=O)CCN1C(=O)[C@@H]2[C@H](C1=O)C1(C)C=CC2(C)O1. The smallest absolute Gasteiger partial charge is 0.322 e. The van der Waals surface area contributed by atoms with E-state index in [0.717, 1.165) is 4.90 Å². The van der Waals surface area contributed by atoms with Crippen molar-refractivity contribution in [2.45, 2.75) is 81.2 Å². The summed E-state index contributed by atoms with van der Waals surface area (Å²) in [7, 11) is 0. The summed E-state index contributed by atoms with van der Waals surface area (Å²) in [5.74, 6) is -4.57. The summed E-state index contributed by atoms with van der Waals surface area (Å²) in [4.78, 5) is 76.9. The van der Waals surface area contributed by atoms with Gasteiger partial charge >= 0.3 is 23.9 Å². The highest BCUT2D eigenvalue weighted by molar-refractivity contribution is 9.10. The molecule has 0 aromatic rings. The number of imide groups is 1. The van der Waals surface area contributed by atoms with Gasteiger partial charge in [-0.3, -0.25) is 33.7 Å². The Bertz CT molecular complexity index is 1140. The third-order valence-electron chi connectivity index (χ3n) is 7.65. The van der Waals surface area contributed by atoms with Crippen molar-refractivity contribution in [2.24, 2.45) is 17.3 Å². The van der Waals surface area contributed by atoms with Gasteiger partial charge in [-0.1, -0.05) is 44.0 Å². The highest BCUT2D eigenvalue weighted by Gasteiger charge is 2.70. The molecule has 14 heteroatoms. The molecule has 12 nitrogen and oxygen atoms in total. The number of rotatable bonds is 14. The van der Waals surface area contributed by atoms with Crippen molar-refractivity contribution in [1.29, 1.82) is 0 Å². The monoisotopic (exact) mass is 735 g/mol. The summed E-state index contributed by atoms with van der Waals surface area (Å²) in [6.07, 6.45) is 3.61. The van der Waals surface area contributed by atoms with Gasteiger partial charge in [0.1, 0.15) is 27.3 Å².